The average Bonchev–Trinajstić information content (AvgIpc) is 2.64. The van der Waals surface area contributed by atoms with Crippen molar-refractivity contribution in [3.63, 3.8) is 0 Å². The standard InChI is InChI=1S/C20H28FN3O3/c1-13-11-24(12-14(2)27-13)20(26)22-16-8-9-17(21)18(10-16)23-19(25)15-6-4-3-5-7-15/h8-10,13-15H,3-7,11-12H2,1-2H3,(H,22,26)(H,23,25). The minimum absolute atomic E-state index is 0.0296. The lowest BCUT2D eigenvalue weighted by Crippen LogP contribution is -2.49. The Hall–Kier alpha value is -2.15. The van der Waals surface area contributed by atoms with Crippen molar-refractivity contribution >= 4 is 23.3 Å². The molecule has 1 aliphatic carbocycles. The summed E-state index contributed by atoms with van der Waals surface area (Å²) in [7, 11) is 0. The molecule has 1 saturated carbocycles. The van der Waals surface area contributed by atoms with Gasteiger partial charge >= 0.3 is 6.03 Å². The number of urea groups is 1. The van der Waals surface area contributed by atoms with Crippen LogP contribution in [0.3, 0.4) is 0 Å². The van der Waals surface area contributed by atoms with E-state index in [-0.39, 0.29) is 35.8 Å². The number of halogens is 1. The molecule has 0 radical (unpaired) electrons. The van der Waals surface area contributed by atoms with Gasteiger partial charge in [-0.3, -0.25) is 4.79 Å². The van der Waals surface area contributed by atoms with E-state index in [4.69, 9.17) is 4.74 Å². The normalized spacial score (nSPS) is 23.7. The highest BCUT2D eigenvalue weighted by molar-refractivity contribution is 5.94. The van der Waals surface area contributed by atoms with E-state index in [9.17, 15) is 14.0 Å². The first-order valence-electron chi connectivity index (χ1n) is 9.74. The molecule has 2 fully saturated rings. The SMILES string of the molecule is CC1CN(C(=O)Nc2ccc(F)c(NC(=O)C3CCCCC3)c2)CC(C)O1. The van der Waals surface area contributed by atoms with Crippen LogP contribution in [0.4, 0.5) is 20.6 Å². The van der Waals surface area contributed by atoms with Crippen molar-refractivity contribution in [2.45, 2.75) is 58.2 Å². The topological polar surface area (TPSA) is 70.7 Å². The number of morpholine rings is 1. The van der Waals surface area contributed by atoms with Crippen molar-refractivity contribution < 1.29 is 18.7 Å². The summed E-state index contributed by atoms with van der Waals surface area (Å²) in [5.41, 5.74) is 0.555. The summed E-state index contributed by atoms with van der Waals surface area (Å²) in [6.45, 7) is 4.85. The molecule has 6 nitrogen and oxygen atoms in total. The van der Waals surface area contributed by atoms with Crippen LogP contribution in [0.1, 0.15) is 46.0 Å². The van der Waals surface area contributed by atoms with Gasteiger partial charge in [0.15, 0.2) is 0 Å². The minimum Gasteiger partial charge on any atom is -0.372 e. The summed E-state index contributed by atoms with van der Waals surface area (Å²) in [5.74, 6) is -0.716. The fraction of sp³-hybridized carbons (Fsp3) is 0.600. The van der Waals surface area contributed by atoms with Crippen LogP contribution in [-0.2, 0) is 9.53 Å². The molecule has 2 aliphatic rings. The van der Waals surface area contributed by atoms with Gasteiger partial charge in [0, 0.05) is 24.7 Å². The first kappa shape index (κ1) is 19.6. The molecule has 148 valence electrons. The molecule has 3 rings (SSSR count). The summed E-state index contributed by atoms with van der Waals surface area (Å²) >= 11 is 0. The summed E-state index contributed by atoms with van der Waals surface area (Å²) < 4.78 is 19.8. The monoisotopic (exact) mass is 377 g/mol. The summed E-state index contributed by atoms with van der Waals surface area (Å²) in [6, 6.07) is 3.97. The number of hydrogen-bond acceptors (Lipinski definition) is 3. The van der Waals surface area contributed by atoms with Crippen LogP contribution in [0.2, 0.25) is 0 Å². The van der Waals surface area contributed by atoms with Crippen LogP contribution in [-0.4, -0.2) is 42.1 Å². The van der Waals surface area contributed by atoms with Gasteiger partial charge in [-0.25, -0.2) is 9.18 Å². The maximum Gasteiger partial charge on any atom is 0.322 e. The number of hydrogen-bond donors (Lipinski definition) is 2. The molecule has 1 aromatic carbocycles. The van der Waals surface area contributed by atoms with Crippen LogP contribution >= 0.6 is 0 Å². The smallest absolute Gasteiger partial charge is 0.322 e. The maximum atomic E-state index is 14.1. The lowest BCUT2D eigenvalue weighted by molar-refractivity contribution is -0.120. The van der Waals surface area contributed by atoms with Gasteiger partial charge in [0.25, 0.3) is 0 Å². The molecule has 7 heteroatoms. The van der Waals surface area contributed by atoms with Crippen LogP contribution in [0, 0.1) is 11.7 Å². The number of nitrogens with one attached hydrogen (secondary N) is 2. The molecule has 2 atom stereocenters. The third kappa shape index (κ3) is 5.19. The van der Waals surface area contributed by atoms with Gasteiger partial charge < -0.3 is 20.3 Å². The van der Waals surface area contributed by atoms with E-state index in [0.29, 0.717) is 18.8 Å². The minimum atomic E-state index is -0.509. The molecule has 1 aliphatic heterocycles. The molecular weight excluding hydrogens is 349 g/mol. The van der Waals surface area contributed by atoms with Crippen molar-refractivity contribution in [1.82, 2.24) is 4.90 Å². The number of ether oxygens (including phenoxy) is 1. The zero-order chi connectivity index (χ0) is 19.4. The Kier molecular flexibility index (Phi) is 6.31. The van der Waals surface area contributed by atoms with Crippen LogP contribution < -0.4 is 10.6 Å². The largest absolute Gasteiger partial charge is 0.372 e. The van der Waals surface area contributed by atoms with Gasteiger partial charge in [0.05, 0.1) is 17.9 Å². The molecule has 0 bridgehead atoms. The molecule has 1 saturated heterocycles. The third-order valence-corrected chi connectivity index (χ3v) is 5.16. The van der Waals surface area contributed by atoms with Crippen LogP contribution in [0.15, 0.2) is 18.2 Å². The predicted octanol–water partition coefficient (Wildman–Crippen LogP) is 3.99. The van der Waals surface area contributed by atoms with Crippen molar-refractivity contribution in [3.8, 4) is 0 Å². The van der Waals surface area contributed by atoms with Crippen molar-refractivity contribution in [2.75, 3.05) is 23.7 Å². The number of anilines is 2. The molecule has 0 spiro atoms. The fourth-order valence-electron chi connectivity index (χ4n) is 3.84. The summed E-state index contributed by atoms with van der Waals surface area (Å²) in [4.78, 5) is 26.6. The Morgan fingerprint density at radius 2 is 1.74 bits per heavy atom. The van der Waals surface area contributed by atoms with Crippen LogP contribution in [0.5, 0.6) is 0 Å². The van der Waals surface area contributed by atoms with Gasteiger partial charge in [-0.1, -0.05) is 19.3 Å². The average molecular weight is 377 g/mol. The first-order valence-corrected chi connectivity index (χ1v) is 9.74. The lowest BCUT2D eigenvalue weighted by Gasteiger charge is -2.35. The van der Waals surface area contributed by atoms with Gasteiger partial charge in [0.2, 0.25) is 5.91 Å². The van der Waals surface area contributed by atoms with E-state index in [1.807, 2.05) is 13.8 Å². The van der Waals surface area contributed by atoms with Crippen molar-refractivity contribution in [1.29, 1.82) is 0 Å². The summed E-state index contributed by atoms with van der Waals surface area (Å²) in [5, 5.41) is 5.47. The molecule has 3 amide bonds. The van der Waals surface area contributed by atoms with E-state index < -0.39 is 5.82 Å². The second-order valence-corrected chi connectivity index (χ2v) is 7.61. The Labute approximate surface area is 159 Å². The van der Waals surface area contributed by atoms with E-state index in [1.54, 1.807) is 4.90 Å². The van der Waals surface area contributed by atoms with Crippen molar-refractivity contribution in [3.05, 3.63) is 24.0 Å². The molecular formula is C20H28FN3O3. The molecule has 2 N–H and O–H groups in total. The number of benzene rings is 1. The number of carbonyl (C=O) groups excluding carboxylic acids is 2. The lowest BCUT2D eigenvalue weighted by atomic mass is 9.88. The van der Waals surface area contributed by atoms with E-state index >= 15 is 0 Å². The number of nitrogens with zero attached hydrogens (tertiary/aromatic N) is 1. The first-order chi connectivity index (χ1) is 12.9. The van der Waals surface area contributed by atoms with E-state index in [2.05, 4.69) is 10.6 Å². The van der Waals surface area contributed by atoms with Gasteiger partial charge in [-0.15, -0.1) is 0 Å². The Bertz CT molecular complexity index is 681. The van der Waals surface area contributed by atoms with E-state index in [1.165, 1.54) is 18.2 Å². The summed E-state index contributed by atoms with van der Waals surface area (Å²) in [6.07, 6.45) is 4.85. The maximum absolute atomic E-state index is 14.1. The van der Waals surface area contributed by atoms with Gasteiger partial charge in [-0.05, 0) is 44.9 Å². The highest BCUT2D eigenvalue weighted by atomic mass is 19.1. The van der Waals surface area contributed by atoms with E-state index in [0.717, 1.165) is 32.1 Å². The van der Waals surface area contributed by atoms with Gasteiger partial charge in [0.1, 0.15) is 5.82 Å². The highest BCUT2D eigenvalue weighted by Gasteiger charge is 2.26. The second kappa shape index (κ2) is 8.69. The quantitative estimate of drug-likeness (QED) is 0.837. The number of carbonyl (C=O) groups is 2. The Balaban J connectivity index is 1.64. The third-order valence-electron chi connectivity index (χ3n) is 5.16. The molecule has 27 heavy (non-hydrogen) atoms. The zero-order valence-electron chi connectivity index (χ0n) is 16.0. The molecule has 1 aromatic rings. The van der Waals surface area contributed by atoms with Crippen molar-refractivity contribution in [2.24, 2.45) is 5.92 Å². The van der Waals surface area contributed by atoms with Gasteiger partial charge in [-0.2, -0.15) is 0 Å². The predicted molar refractivity (Wildman–Crippen MR) is 102 cm³/mol. The molecule has 0 aromatic heterocycles. The second-order valence-electron chi connectivity index (χ2n) is 7.61. The Morgan fingerprint density at radius 3 is 2.41 bits per heavy atom. The Morgan fingerprint density at radius 1 is 1.07 bits per heavy atom. The number of rotatable bonds is 3. The molecule has 2 unspecified atom stereocenters. The molecule has 1 heterocycles. The zero-order valence-corrected chi connectivity index (χ0v) is 16.0. The fourth-order valence-corrected chi connectivity index (χ4v) is 3.84. The highest BCUT2D eigenvalue weighted by Crippen LogP contribution is 2.27. The van der Waals surface area contributed by atoms with Crippen LogP contribution in [0.25, 0.3) is 0 Å². The number of amides is 3.